The number of allylic oxidation sites excluding steroid dienone is 1. The third-order valence-electron chi connectivity index (χ3n) is 3.22. The van der Waals surface area contributed by atoms with Crippen LogP contribution in [0.4, 0.5) is 0 Å². The fraction of sp³-hybridized carbons (Fsp3) is 0.231. The largest absolute Gasteiger partial charge is 0.358 e. The van der Waals surface area contributed by atoms with Gasteiger partial charge >= 0.3 is 0 Å². The molecule has 0 fully saturated rings. The molecule has 1 N–H and O–H groups in total. The van der Waals surface area contributed by atoms with Crippen molar-refractivity contribution in [2.75, 3.05) is 0 Å². The van der Waals surface area contributed by atoms with Crippen molar-refractivity contribution in [1.29, 1.82) is 0 Å². The van der Waals surface area contributed by atoms with Crippen molar-refractivity contribution in [2.24, 2.45) is 5.92 Å². The summed E-state index contributed by atoms with van der Waals surface area (Å²) in [5.74, 6) is 0.620. The highest BCUT2D eigenvalue weighted by molar-refractivity contribution is 9.10. The summed E-state index contributed by atoms with van der Waals surface area (Å²) >= 11 is 3.52. The molecule has 1 atom stereocenters. The number of fused-ring (bicyclic) bond motifs is 3. The number of benzene rings is 1. The van der Waals surface area contributed by atoms with Gasteiger partial charge in [0, 0.05) is 21.1 Å². The van der Waals surface area contributed by atoms with Crippen LogP contribution in [0.1, 0.15) is 11.3 Å². The Balaban J connectivity index is 2.20. The third kappa shape index (κ3) is 1.36. The van der Waals surface area contributed by atoms with Crippen LogP contribution in [0.2, 0.25) is 0 Å². The topological polar surface area (TPSA) is 15.8 Å². The van der Waals surface area contributed by atoms with Crippen LogP contribution in [0.15, 0.2) is 35.3 Å². The highest BCUT2D eigenvalue weighted by Crippen LogP contribution is 2.34. The molecule has 3 rings (SSSR count). The zero-order chi connectivity index (χ0) is 10.4. The molecule has 0 saturated heterocycles. The summed E-state index contributed by atoms with van der Waals surface area (Å²) in [4.78, 5) is 3.50. The van der Waals surface area contributed by atoms with Gasteiger partial charge < -0.3 is 4.98 Å². The van der Waals surface area contributed by atoms with Crippen LogP contribution in [0.5, 0.6) is 0 Å². The first-order valence-corrected chi connectivity index (χ1v) is 5.99. The maximum absolute atomic E-state index is 3.88. The van der Waals surface area contributed by atoms with Gasteiger partial charge in [0.1, 0.15) is 0 Å². The van der Waals surface area contributed by atoms with Gasteiger partial charge in [-0.05, 0) is 42.5 Å². The zero-order valence-corrected chi connectivity index (χ0v) is 9.97. The van der Waals surface area contributed by atoms with Crippen LogP contribution in [0.25, 0.3) is 10.9 Å². The van der Waals surface area contributed by atoms with Crippen molar-refractivity contribution in [3.05, 3.63) is 46.6 Å². The maximum Gasteiger partial charge on any atom is 0.0459 e. The summed E-state index contributed by atoms with van der Waals surface area (Å²) in [6.07, 6.45) is 4.32. The number of aromatic amines is 1. The number of halogens is 1. The van der Waals surface area contributed by atoms with Gasteiger partial charge in [-0.15, -0.1) is 6.58 Å². The molecular formula is C13H12BrN. The molecule has 1 heterocycles. The van der Waals surface area contributed by atoms with Crippen molar-refractivity contribution < 1.29 is 0 Å². The van der Waals surface area contributed by atoms with Gasteiger partial charge in [0.25, 0.3) is 0 Å². The molecule has 0 radical (unpaired) electrons. The van der Waals surface area contributed by atoms with E-state index in [0.717, 1.165) is 17.3 Å². The van der Waals surface area contributed by atoms with Gasteiger partial charge in [0.05, 0.1) is 0 Å². The van der Waals surface area contributed by atoms with Crippen LogP contribution in [-0.4, -0.2) is 4.98 Å². The number of H-pyrrole nitrogens is 1. The van der Waals surface area contributed by atoms with Crippen LogP contribution in [-0.2, 0) is 12.8 Å². The van der Waals surface area contributed by atoms with Crippen molar-refractivity contribution in [2.45, 2.75) is 12.8 Å². The molecule has 1 aromatic heterocycles. The van der Waals surface area contributed by atoms with Gasteiger partial charge in [0.2, 0.25) is 0 Å². The third-order valence-corrected chi connectivity index (χ3v) is 3.72. The first kappa shape index (κ1) is 9.22. The van der Waals surface area contributed by atoms with E-state index < -0.39 is 0 Å². The van der Waals surface area contributed by atoms with E-state index >= 15 is 0 Å². The average Bonchev–Trinajstić information content (AvgIpc) is 2.75. The molecule has 1 nitrogen and oxygen atoms in total. The summed E-state index contributed by atoms with van der Waals surface area (Å²) in [6, 6.07) is 6.43. The maximum atomic E-state index is 3.88. The number of hydrogen-bond acceptors (Lipinski definition) is 0. The van der Waals surface area contributed by atoms with Crippen LogP contribution < -0.4 is 0 Å². The molecular weight excluding hydrogens is 250 g/mol. The Morgan fingerprint density at radius 3 is 3.07 bits per heavy atom. The van der Waals surface area contributed by atoms with Crippen molar-refractivity contribution in [3.8, 4) is 0 Å². The lowest BCUT2D eigenvalue weighted by atomic mass is 10.1. The molecule has 1 unspecified atom stereocenters. The monoisotopic (exact) mass is 261 g/mol. The minimum Gasteiger partial charge on any atom is -0.358 e. The first-order valence-electron chi connectivity index (χ1n) is 5.19. The Bertz CT molecular complexity index is 539. The van der Waals surface area contributed by atoms with Crippen molar-refractivity contribution in [1.82, 2.24) is 4.98 Å². The SMILES string of the molecule is C=CC1Cc2[nH]c3ccc(Br)cc3c2C1. The zero-order valence-electron chi connectivity index (χ0n) is 8.39. The molecule has 15 heavy (non-hydrogen) atoms. The number of nitrogens with one attached hydrogen (secondary N) is 1. The van der Waals surface area contributed by atoms with Gasteiger partial charge in [-0.1, -0.05) is 22.0 Å². The van der Waals surface area contributed by atoms with E-state index in [1.807, 2.05) is 0 Å². The fourth-order valence-electron chi connectivity index (χ4n) is 2.45. The summed E-state index contributed by atoms with van der Waals surface area (Å²) in [7, 11) is 0. The molecule has 76 valence electrons. The summed E-state index contributed by atoms with van der Waals surface area (Å²) < 4.78 is 1.15. The Labute approximate surface area is 97.3 Å². The number of rotatable bonds is 1. The fourth-order valence-corrected chi connectivity index (χ4v) is 2.81. The molecule has 0 amide bonds. The molecule has 2 heteroatoms. The van der Waals surface area contributed by atoms with E-state index in [1.165, 1.54) is 22.2 Å². The summed E-state index contributed by atoms with van der Waals surface area (Å²) in [6.45, 7) is 3.88. The van der Waals surface area contributed by atoms with Crippen LogP contribution in [0, 0.1) is 5.92 Å². The molecule has 1 aromatic carbocycles. The van der Waals surface area contributed by atoms with Gasteiger partial charge in [-0.2, -0.15) is 0 Å². The Morgan fingerprint density at radius 2 is 2.27 bits per heavy atom. The predicted molar refractivity (Wildman–Crippen MR) is 67.1 cm³/mol. The van der Waals surface area contributed by atoms with Crippen LogP contribution in [0.3, 0.4) is 0 Å². The molecule has 1 aliphatic carbocycles. The Morgan fingerprint density at radius 1 is 1.40 bits per heavy atom. The summed E-state index contributed by atoms with van der Waals surface area (Å²) in [5.41, 5.74) is 4.13. The second-order valence-corrected chi connectivity index (χ2v) is 5.09. The van der Waals surface area contributed by atoms with Crippen LogP contribution >= 0.6 is 15.9 Å². The minimum atomic E-state index is 0.620. The normalized spacial score (nSPS) is 19.4. The highest BCUT2D eigenvalue weighted by Gasteiger charge is 2.23. The lowest BCUT2D eigenvalue weighted by Crippen LogP contribution is -1.94. The smallest absolute Gasteiger partial charge is 0.0459 e. The van der Waals surface area contributed by atoms with E-state index in [0.29, 0.717) is 5.92 Å². The molecule has 0 saturated carbocycles. The molecule has 2 aromatic rings. The van der Waals surface area contributed by atoms with E-state index in [2.05, 4.69) is 51.8 Å². The van der Waals surface area contributed by atoms with Crippen molar-refractivity contribution in [3.63, 3.8) is 0 Å². The second kappa shape index (κ2) is 3.24. The second-order valence-electron chi connectivity index (χ2n) is 4.18. The molecule has 1 aliphatic rings. The quantitative estimate of drug-likeness (QED) is 0.752. The number of aromatic nitrogens is 1. The van der Waals surface area contributed by atoms with E-state index in [4.69, 9.17) is 0 Å². The van der Waals surface area contributed by atoms with E-state index in [1.54, 1.807) is 0 Å². The number of hydrogen-bond donors (Lipinski definition) is 1. The van der Waals surface area contributed by atoms with E-state index in [-0.39, 0.29) is 0 Å². The van der Waals surface area contributed by atoms with E-state index in [9.17, 15) is 0 Å². The lowest BCUT2D eigenvalue weighted by Gasteiger charge is -2.01. The molecule has 0 spiro atoms. The van der Waals surface area contributed by atoms with Gasteiger partial charge in [-0.3, -0.25) is 0 Å². The van der Waals surface area contributed by atoms with Crippen molar-refractivity contribution >= 4 is 26.8 Å². The lowest BCUT2D eigenvalue weighted by molar-refractivity contribution is 0.700. The van der Waals surface area contributed by atoms with Gasteiger partial charge in [0.15, 0.2) is 0 Å². The molecule has 0 aliphatic heterocycles. The predicted octanol–water partition coefficient (Wildman–Crippen LogP) is 3.83. The first-order chi connectivity index (χ1) is 7.28. The molecule has 0 bridgehead atoms. The highest BCUT2D eigenvalue weighted by atomic mass is 79.9. The Hall–Kier alpha value is -1.02. The standard InChI is InChI=1S/C13H12BrN/c1-2-8-5-10-11-7-9(14)3-4-12(11)15-13(10)6-8/h2-4,7-8,15H,1,5-6H2. The Kier molecular flexibility index (Phi) is 1.99. The van der Waals surface area contributed by atoms with Gasteiger partial charge in [-0.25, -0.2) is 0 Å². The average molecular weight is 262 g/mol. The minimum absolute atomic E-state index is 0.620. The summed E-state index contributed by atoms with van der Waals surface area (Å²) in [5, 5.41) is 1.36.